The normalized spacial score (nSPS) is 10.9. The zero-order valence-corrected chi connectivity index (χ0v) is 25.4. The maximum Gasteiger partial charge on any atom is 0.321 e. The van der Waals surface area contributed by atoms with Crippen LogP contribution < -0.4 is 24.4 Å². The lowest BCUT2D eigenvalue weighted by Crippen LogP contribution is -2.40. The Morgan fingerprint density at radius 3 is 2.41 bits per heavy atom. The molecular weight excluding hydrogens is 558 g/mol. The van der Waals surface area contributed by atoms with Crippen LogP contribution in [0.15, 0.2) is 85.2 Å². The Hall–Kier alpha value is -5.09. The summed E-state index contributed by atoms with van der Waals surface area (Å²) in [6, 6.07) is 25.0. The minimum Gasteiger partial charge on any atom is -0.493 e. The highest BCUT2D eigenvalue weighted by Crippen LogP contribution is 2.35. The fourth-order valence-corrected chi connectivity index (χ4v) is 4.86. The van der Waals surface area contributed by atoms with Crippen LogP contribution >= 0.6 is 0 Å². The summed E-state index contributed by atoms with van der Waals surface area (Å²) < 4.78 is 22.6. The molecule has 44 heavy (non-hydrogen) atoms. The number of anilines is 2. The predicted octanol–water partition coefficient (Wildman–Crippen LogP) is 6.60. The van der Waals surface area contributed by atoms with Crippen LogP contribution in [0.5, 0.6) is 23.0 Å². The van der Waals surface area contributed by atoms with E-state index in [2.05, 4.69) is 27.4 Å². The van der Waals surface area contributed by atoms with Gasteiger partial charge in [0.05, 0.1) is 19.2 Å². The summed E-state index contributed by atoms with van der Waals surface area (Å²) in [4.78, 5) is 25.9. The van der Waals surface area contributed by atoms with E-state index in [1.807, 2.05) is 85.6 Å². The number of fused-ring (bicyclic) bond motifs is 2. The molecule has 1 N–H and O–H groups in total. The topological polar surface area (TPSA) is 98.3 Å². The lowest BCUT2D eigenvalue weighted by Gasteiger charge is -2.26. The molecule has 4 aromatic carbocycles. The quantitative estimate of drug-likeness (QED) is 0.152. The Bertz CT molecular complexity index is 1710. The number of aromatic nitrogens is 2. The third-order valence-electron chi connectivity index (χ3n) is 7.26. The summed E-state index contributed by atoms with van der Waals surface area (Å²) in [6.07, 6.45) is 1.53. The summed E-state index contributed by atoms with van der Waals surface area (Å²) in [7, 11) is 5.17. The smallest absolute Gasteiger partial charge is 0.321 e. The fraction of sp³-hybridized carbons (Fsp3) is 0.265. The number of nitrogens with one attached hydrogen (secondary N) is 1. The van der Waals surface area contributed by atoms with Crippen molar-refractivity contribution in [3.63, 3.8) is 0 Å². The number of benzene rings is 4. The second kappa shape index (κ2) is 14.4. The molecule has 10 heteroatoms. The predicted molar refractivity (Wildman–Crippen MR) is 173 cm³/mol. The molecule has 0 radical (unpaired) electrons. The fourth-order valence-electron chi connectivity index (χ4n) is 4.86. The molecule has 0 aliphatic carbocycles. The number of carbonyl (C=O) groups excluding carboxylic acids is 1. The molecule has 0 unspecified atom stereocenters. The molecule has 0 bridgehead atoms. The first-order valence-corrected chi connectivity index (χ1v) is 14.5. The van der Waals surface area contributed by atoms with Crippen molar-refractivity contribution in [1.29, 1.82) is 0 Å². The third-order valence-corrected chi connectivity index (χ3v) is 7.26. The van der Waals surface area contributed by atoms with Crippen LogP contribution in [0.4, 0.5) is 16.3 Å². The molecule has 1 aromatic heterocycles. The molecule has 0 atom stereocenters. The highest BCUT2D eigenvalue weighted by Gasteiger charge is 2.17. The van der Waals surface area contributed by atoms with E-state index >= 15 is 0 Å². The van der Waals surface area contributed by atoms with Crippen LogP contribution in [0.3, 0.4) is 0 Å². The number of methoxy groups -OCH3 is 2. The SMILES string of the molecule is CCN(CCN(C)c1ncnc2cc(OCCOC)c(OC)cc12)C(=O)Nc1ccc(Oc2cccc3ccccc23)cc1. The zero-order valence-electron chi connectivity index (χ0n) is 25.4. The number of nitrogens with zero attached hydrogens (tertiary/aromatic N) is 4. The van der Waals surface area contributed by atoms with Gasteiger partial charge in [-0.1, -0.05) is 36.4 Å². The van der Waals surface area contributed by atoms with Crippen LogP contribution in [0.2, 0.25) is 0 Å². The first kappa shape index (κ1) is 30.4. The minimum absolute atomic E-state index is 0.185. The number of urea groups is 1. The van der Waals surface area contributed by atoms with E-state index < -0.39 is 0 Å². The highest BCUT2D eigenvalue weighted by molar-refractivity contribution is 5.92. The molecule has 5 aromatic rings. The van der Waals surface area contributed by atoms with Crippen LogP contribution in [-0.2, 0) is 4.74 Å². The Morgan fingerprint density at radius 1 is 0.841 bits per heavy atom. The Labute approximate surface area is 257 Å². The van der Waals surface area contributed by atoms with Crippen molar-refractivity contribution in [2.75, 3.05) is 64.3 Å². The molecule has 0 aliphatic heterocycles. The van der Waals surface area contributed by atoms with E-state index in [1.54, 1.807) is 19.1 Å². The van der Waals surface area contributed by atoms with Crippen LogP contribution in [0.1, 0.15) is 6.92 Å². The van der Waals surface area contributed by atoms with Gasteiger partial charge >= 0.3 is 6.03 Å². The Balaban J connectivity index is 1.21. The van der Waals surface area contributed by atoms with Crippen molar-refractivity contribution < 1.29 is 23.7 Å². The third kappa shape index (κ3) is 7.09. The summed E-state index contributed by atoms with van der Waals surface area (Å²) in [5.74, 6) is 3.38. The van der Waals surface area contributed by atoms with Crippen molar-refractivity contribution in [1.82, 2.24) is 14.9 Å². The molecule has 1 heterocycles. The van der Waals surface area contributed by atoms with Crippen LogP contribution in [-0.4, -0.2) is 75.0 Å². The number of ether oxygens (including phenoxy) is 4. The van der Waals surface area contributed by atoms with Gasteiger partial charge < -0.3 is 34.1 Å². The van der Waals surface area contributed by atoms with E-state index in [0.717, 1.165) is 33.2 Å². The number of amides is 2. The first-order valence-electron chi connectivity index (χ1n) is 14.5. The van der Waals surface area contributed by atoms with E-state index in [9.17, 15) is 4.79 Å². The minimum atomic E-state index is -0.185. The summed E-state index contributed by atoms with van der Waals surface area (Å²) in [5, 5.41) is 5.98. The highest BCUT2D eigenvalue weighted by atomic mass is 16.5. The number of likely N-dealkylation sites (N-methyl/N-ethyl adjacent to an activating group) is 2. The summed E-state index contributed by atoms with van der Waals surface area (Å²) in [6.45, 7) is 4.40. The van der Waals surface area contributed by atoms with Crippen molar-refractivity contribution >= 4 is 39.2 Å². The van der Waals surface area contributed by atoms with E-state index in [-0.39, 0.29) is 6.03 Å². The standard InChI is InChI=1S/C34H37N5O5/c1-5-39(18-17-38(2)33-28-21-31(42-4)32(43-20-19-41-3)22-29(28)35-23-36-33)34(40)37-25-13-15-26(16-14-25)44-30-12-8-10-24-9-6-7-11-27(24)30/h6-16,21-23H,5,17-20H2,1-4H3,(H,37,40). The van der Waals surface area contributed by atoms with Crippen molar-refractivity contribution in [3.05, 3.63) is 85.2 Å². The largest absolute Gasteiger partial charge is 0.493 e. The molecule has 0 saturated carbocycles. The van der Waals surface area contributed by atoms with Gasteiger partial charge in [0.25, 0.3) is 0 Å². The van der Waals surface area contributed by atoms with E-state index in [4.69, 9.17) is 18.9 Å². The van der Waals surface area contributed by atoms with Crippen molar-refractivity contribution in [2.24, 2.45) is 0 Å². The molecule has 5 rings (SSSR count). The second-order valence-electron chi connectivity index (χ2n) is 10.1. The van der Waals surface area contributed by atoms with Gasteiger partial charge in [0.2, 0.25) is 0 Å². The second-order valence-corrected chi connectivity index (χ2v) is 10.1. The first-order chi connectivity index (χ1) is 21.5. The lowest BCUT2D eigenvalue weighted by atomic mass is 10.1. The molecule has 2 amide bonds. The van der Waals surface area contributed by atoms with Gasteiger partial charge in [-0.05, 0) is 48.7 Å². The van der Waals surface area contributed by atoms with Gasteiger partial charge in [0, 0.05) is 56.3 Å². The zero-order chi connectivity index (χ0) is 30.9. The van der Waals surface area contributed by atoms with Gasteiger partial charge in [-0.3, -0.25) is 0 Å². The van der Waals surface area contributed by atoms with Gasteiger partial charge in [-0.2, -0.15) is 0 Å². The molecule has 0 fully saturated rings. The molecular formula is C34H37N5O5. The van der Waals surface area contributed by atoms with Gasteiger partial charge in [0.1, 0.15) is 30.3 Å². The van der Waals surface area contributed by atoms with Crippen LogP contribution in [0.25, 0.3) is 21.7 Å². The molecule has 228 valence electrons. The monoisotopic (exact) mass is 595 g/mol. The number of hydrogen-bond donors (Lipinski definition) is 1. The number of hydrogen-bond acceptors (Lipinski definition) is 8. The number of rotatable bonds is 13. The molecule has 0 saturated heterocycles. The average Bonchev–Trinajstić information content (AvgIpc) is 3.05. The van der Waals surface area contributed by atoms with Gasteiger partial charge in [-0.25, -0.2) is 14.8 Å². The molecule has 10 nitrogen and oxygen atoms in total. The van der Waals surface area contributed by atoms with E-state index in [1.165, 1.54) is 6.33 Å². The maximum absolute atomic E-state index is 13.2. The molecule has 0 aliphatic rings. The maximum atomic E-state index is 13.2. The molecule has 0 spiro atoms. The van der Waals surface area contributed by atoms with Gasteiger partial charge in [-0.15, -0.1) is 0 Å². The number of carbonyl (C=O) groups is 1. The van der Waals surface area contributed by atoms with E-state index in [0.29, 0.717) is 55.8 Å². The summed E-state index contributed by atoms with van der Waals surface area (Å²) in [5.41, 5.74) is 1.41. The Kier molecular flexibility index (Phi) is 9.93. The Morgan fingerprint density at radius 2 is 1.64 bits per heavy atom. The average molecular weight is 596 g/mol. The van der Waals surface area contributed by atoms with Crippen LogP contribution in [0, 0.1) is 0 Å². The lowest BCUT2D eigenvalue weighted by molar-refractivity contribution is 0.144. The summed E-state index contributed by atoms with van der Waals surface area (Å²) >= 11 is 0. The van der Waals surface area contributed by atoms with Crippen molar-refractivity contribution in [3.8, 4) is 23.0 Å². The van der Waals surface area contributed by atoms with Crippen molar-refractivity contribution in [2.45, 2.75) is 6.92 Å². The van der Waals surface area contributed by atoms with Gasteiger partial charge in [0.15, 0.2) is 11.5 Å².